The van der Waals surface area contributed by atoms with Crippen LogP contribution in [0.15, 0.2) is 4.79 Å². The summed E-state index contributed by atoms with van der Waals surface area (Å²) in [5.41, 5.74) is 4.21. The van der Waals surface area contributed by atoms with Gasteiger partial charge in [-0.15, -0.1) is 0 Å². The number of rotatable bonds is 1. The van der Waals surface area contributed by atoms with Crippen LogP contribution in [0, 0.1) is 0 Å². The lowest BCUT2D eigenvalue weighted by atomic mass is 10.1. The zero-order valence-electron chi connectivity index (χ0n) is 11.2. The second-order valence-corrected chi connectivity index (χ2v) is 5.47. The van der Waals surface area contributed by atoms with Crippen molar-refractivity contribution in [2.45, 2.75) is 46.1 Å². The summed E-state index contributed by atoms with van der Waals surface area (Å²) in [7, 11) is 0. The highest BCUT2D eigenvalue weighted by molar-refractivity contribution is 5.76. The molecular weight excluding hydrogens is 239 g/mol. The van der Waals surface area contributed by atoms with Gasteiger partial charge < -0.3 is 5.73 Å². The van der Waals surface area contributed by atoms with Gasteiger partial charge in [0.05, 0.1) is 11.2 Å². The molecule has 0 radical (unpaired) electrons. The molecule has 3 N–H and O–H groups in total. The normalized spacial score (nSPS) is 11.9. The molecule has 0 aliphatic carbocycles. The van der Waals surface area contributed by atoms with Crippen LogP contribution in [0.3, 0.4) is 0 Å². The molecule has 7 heteroatoms. The summed E-state index contributed by atoms with van der Waals surface area (Å²) in [6.45, 7) is 8.18. The monoisotopic (exact) mass is 258 g/mol. The number of amides is 1. The van der Waals surface area contributed by atoms with E-state index in [1.165, 1.54) is 20.8 Å². The molecule has 1 rings (SSSR count). The first-order valence-electron chi connectivity index (χ1n) is 5.68. The molecule has 6 nitrogen and oxygen atoms in total. The molecule has 0 fully saturated rings. The van der Waals surface area contributed by atoms with Gasteiger partial charge in [0.2, 0.25) is 0 Å². The molecule has 1 aromatic rings. The van der Waals surface area contributed by atoms with Gasteiger partial charge in [-0.05, 0) is 26.7 Å². The molecule has 1 heterocycles. The summed E-state index contributed by atoms with van der Waals surface area (Å²) in [6, 6.07) is -1.08. The largest absolute Gasteiger partial charge is 0.393 e. The van der Waals surface area contributed by atoms with Gasteiger partial charge >= 0.3 is 6.03 Å². The number of nitrogens with zero attached hydrogens (tertiary/aromatic N) is 2. The number of carbonyl (C=O) groups is 1. The molecule has 0 unspecified atom stereocenters. The van der Waals surface area contributed by atoms with Crippen molar-refractivity contribution in [3.8, 4) is 0 Å². The van der Waals surface area contributed by atoms with E-state index in [0.717, 1.165) is 0 Å². The standard InChI is InChI=1S/C11H19FN4O2/c1-6(2)8-7(13)9(17)15(14-8)10(18)16(12)11(3,4)5/h6,14H,13H2,1-5H3. The number of nitrogens with two attached hydrogens (primary N) is 1. The van der Waals surface area contributed by atoms with Crippen LogP contribution in [0.2, 0.25) is 0 Å². The zero-order chi connectivity index (χ0) is 14.2. The summed E-state index contributed by atoms with van der Waals surface area (Å²) < 4.78 is 14.4. The van der Waals surface area contributed by atoms with Crippen LogP contribution in [0.5, 0.6) is 0 Å². The van der Waals surface area contributed by atoms with E-state index >= 15 is 0 Å². The summed E-state index contributed by atoms with van der Waals surface area (Å²) in [6.07, 6.45) is 0. The highest BCUT2D eigenvalue weighted by Crippen LogP contribution is 2.18. The number of hydrogen-bond donors (Lipinski definition) is 2. The number of aromatic amines is 1. The van der Waals surface area contributed by atoms with E-state index in [9.17, 15) is 14.1 Å². The van der Waals surface area contributed by atoms with Crippen LogP contribution in [-0.2, 0) is 0 Å². The Bertz CT molecular complexity index is 510. The highest BCUT2D eigenvalue weighted by atomic mass is 19.2. The van der Waals surface area contributed by atoms with Crippen LogP contribution in [0.1, 0.15) is 46.2 Å². The van der Waals surface area contributed by atoms with Crippen molar-refractivity contribution < 1.29 is 9.28 Å². The predicted octanol–water partition coefficient (Wildman–Crippen LogP) is 1.84. The first kappa shape index (κ1) is 14.3. The number of nitrogen functional groups attached to an aromatic ring is 1. The molecule has 0 aliphatic rings. The van der Waals surface area contributed by atoms with E-state index in [1.54, 1.807) is 0 Å². The maximum atomic E-state index is 13.8. The third-order valence-electron chi connectivity index (χ3n) is 2.48. The van der Waals surface area contributed by atoms with E-state index < -0.39 is 17.1 Å². The average Bonchev–Trinajstić information content (AvgIpc) is 2.53. The molecule has 18 heavy (non-hydrogen) atoms. The van der Waals surface area contributed by atoms with Gasteiger partial charge in [-0.25, -0.2) is 4.79 Å². The third kappa shape index (κ3) is 2.39. The Balaban J connectivity index is 3.24. The average molecular weight is 258 g/mol. The molecule has 0 saturated carbocycles. The van der Waals surface area contributed by atoms with Crippen LogP contribution >= 0.6 is 0 Å². The lowest BCUT2D eigenvalue weighted by Gasteiger charge is -2.25. The van der Waals surface area contributed by atoms with Crippen molar-refractivity contribution in [1.82, 2.24) is 14.9 Å². The second kappa shape index (κ2) is 4.47. The Kier molecular flexibility index (Phi) is 3.54. The number of nitrogens with one attached hydrogen (secondary N) is 1. The van der Waals surface area contributed by atoms with Crippen molar-refractivity contribution in [3.63, 3.8) is 0 Å². The summed E-state index contributed by atoms with van der Waals surface area (Å²) in [5.74, 6) is -0.0607. The van der Waals surface area contributed by atoms with Gasteiger partial charge in [-0.3, -0.25) is 9.89 Å². The van der Waals surface area contributed by atoms with Gasteiger partial charge in [0.15, 0.2) is 0 Å². The van der Waals surface area contributed by atoms with E-state index in [0.29, 0.717) is 10.4 Å². The van der Waals surface area contributed by atoms with Crippen LogP contribution in [-0.4, -0.2) is 26.5 Å². The molecule has 102 valence electrons. The molecule has 0 aromatic carbocycles. The number of H-pyrrole nitrogens is 1. The minimum atomic E-state index is -1.08. The fraction of sp³-hybridized carbons (Fsp3) is 0.636. The molecular formula is C11H19FN4O2. The molecule has 1 amide bonds. The second-order valence-electron chi connectivity index (χ2n) is 5.47. The Hall–Kier alpha value is -1.79. The van der Waals surface area contributed by atoms with Crippen molar-refractivity contribution in [2.75, 3.05) is 5.73 Å². The van der Waals surface area contributed by atoms with E-state index in [1.807, 2.05) is 13.8 Å². The molecule has 0 atom stereocenters. The molecule has 0 saturated heterocycles. The summed E-state index contributed by atoms with van der Waals surface area (Å²) >= 11 is 0. The smallest absolute Gasteiger partial charge is 0.374 e. The maximum Gasteiger partial charge on any atom is 0.374 e. The van der Waals surface area contributed by atoms with Crippen LogP contribution < -0.4 is 11.3 Å². The number of hydrogen-bond acceptors (Lipinski definition) is 3. The van der Waals surface area contributed by atoms with Crippen molar-refractivity contribution in [2.24, 2.45) is 0 Å². The third-order valence-corrected chi connectivity index (χ3v) is 2.48. The first-order chi connectivity index (χ1) is 8.07. The van der Waals surface area contributed by atoms with Crippen LogP contribution in [0.25, 0.3) is 0 Å². The summed E-state index contributed by atoms with van der Waals surface area (Å²) in [4.78, 5) is 23.6. The molecule has 0 bridgehead atoms. The predicted molar refractivity (Wildman–Crippen MR) is 67.0 cm³/mol. The SMILES string of the molecule is CC(C)c1[nH]n(C(=O)N(F)C(C)(C)C)c(=O)c1N. The number of carbonyl (C=O) groups excluding carboxylic acids is 1. The minimum absolute atomic E-state index is 0.00551. The van der Waals surface area contributed by atoms with Crippen molar-refractivity contribution in [3.05, 3.63) is 16.0 Å². The van der Waals surface area contributed by atoms with Gasteiger partial charge in [0.25, 0.3) is 5.56 Å². The topological polar surface area (TPSA) is 84.1 Å². The van der Waals surface area contributed by atoms with Gasteiger partial charge in [-0.1, -0.05) is 18.3 Å². The Morgan fingerprint density at radius 2 is 1.94 bits per heavy atom. The molecule has 0 spiro atoms. The Morgan fingerprint density at radius 1 is 1.44 bits per heavy atom. The summed E-state index contributed by atoms with van der Waals surface area (Å²) in [5, 5.41) is 2.54. The van der Waals surface area contributed by atoms with Crippen LogP contribution in [0.4, 0.5) is 15.0 Å². The quantitative estimate of drug-likeness (QED) is 0.754. The van der Waals surface area contributed by atoms with Crippen molar-refractivity contribution >= 4 is 11.7 Å². The van der Waals surface area contributed by atoms with Gasteiger partial charge in [0.1, 0.15) is 5.69 Å². The molecule has 1 aromatic heterocycles. The zero-order valence-corrected chi connectivity index (χ0v) is 11.2. The maximum absolute atomic E-state index is 13.8. The highest BCUT2D eigenvalue weighted by Gasteiger charge is 2.30. The lowest BCUT2D eigenvalue weighted by molar-refractivity contribution is -0.0120. The minimum Gasteiger partial charge on any atom is -0.393 e. The fourth-order valence-electron chi connectivity index (χ4n) is 1.42. The number of anilines is 1. The molecule has 0 aliphatic heterocycles. The fourth-order valence-corrected chi connectivity index (χ4v) is 1.42. The van der Waals surface area contributed by atoms with Gasteiger partial charge in [0, 0.05) is 0 Å². The first-order valence-corrected chi connectivity index (χ1v) is 5.68. The van der Waals surface area contributed by atoms with Crippen molar-refractivity contribution in [1.29, 1.82) is 0 Å². The lowest BCUT2D eigenvalue weighted by Crippen LogP contribution is -2.44. The van der Waals surface area contributed by atoms with Gasteiger partial charge in [-0.2, -0.15) is 9.80 Å². The number of halogens is 1. The Morgan fingerprint density at radius 3 is 2.28 bits per heavy atom. The Labute approximate surface area is 104 Å². The van der Waals surface area contributed by atoms with E-state index in [2.05, 4.69) is 5.10 Å². The van der Waals surface area contributed by atoms with E-state index in [-0.39, 0.29) is 16.7 Å². The number of aromatic nitrogens is 2. The van der Waals surface area contributed by atoms with E-state index in [4.69, 9.17) is 5.73 Å².